The summed E-state index contributed by atoms with van der Waals surface area (Å²) in [5.74, 6) is -0.237. The Balaban J connectivity index is 1.93. The molecule has 2 N–H and O–H groups in total. The summed E-state index contributed by atoms with van der Waals surface area (Å²) in [6.45, 7) is 0. The first kappa shape index (κ1) is 13.6. The zero-order valence-electron chi connectivity index (χ0n) is 10.2. The topological polar surface area (TPSA) is 49.3 Å². The lowest BCUT2D eigenvalue weighted by molar-refractivity contribution is -0.118. The van der Waals surface area contributed by atoms with E-state index >= 15 is 0 Å². The van der Waals surface area contributed by atoms with Gasteiger partial charge in [0.2, 0.25) is 5.91 Å². The van der Waals surface area contributed by atoms with Gasteiger partial charge in [-0.1, -0.05) is 41.9 Å². The number of anilines is 1. The predicted molar refractivity (Wildman–Crippen MR) is 76.1 cm³/mol. The van der Waals surface area contributed by atoms with Crippen LogP contribution in [0.25, 0.3) is 0 Å². The molecule has 1 amide bonds. The zero-order chi connectivity index (χ0) is 13.7. The van der Waals surface area contributed by atoms with Gasteiger partial charge in [-0.25, -0.2) is 0 Å². The highest BCUT2D eigenvalue weighted by Crippen LogP contribution is 2.18. The second-order valence-electron chi connectivity index (χ2n) is 4.19. The Kier molecular flexibility index (Phi) is 4.55. The van der Waals surface area contributed by atoms with Crippen LogP contribution in [0.4, 0.5) is 5.69 Å². The van der Waals surface area contributed by atoms with Gasteiger partial charge >= 0.3 is 0 Å². The third-order valence-electron chi connectivity index (χ3n) is 2.69. The molecule has 0 aliphatic heterocycles. The van der Waals surface area contributed by atoms with Crippen molar-refractivity contribution in [3.63, 3.8) is 0 Å². The van der Waals surface area contributed by atoms with Crippen molar-refractivity contribution in [3.8, 4) is 0 Å². The SMILES string of the molecule is O=C(CC(O)c1ccccc1)Nc1ccc(Cl)cc1. The molecule has 1 unspecified atom stereocenters. The molecule has 0 spiro atoms. The van der Waals surface area contributed by atoms with E-state index in [2.05, 4.69) is 5.32 Å². The highest BCUT2D eigenvalue weighted by molar-refractivity contribution is 6.30. The number of nitrogens with one attached hydrogen (secondary N) is 1. The van der Waals surface area contributed by atoms with Gasteiger partial charge in [-0.05, 0) is 29.8 Å². The van der Waals surface area contributed by atoms with E-state index in [0.29, 0.717) is 10.7 Å². The van der Waals surface area contributed by atoms with Gasteiger partial charge in [0.15, 0.2) is 0 Å². The van der Waals surface area contributed by atoms with E-state index < -0.39 is 6.10 Å². The van der Waals surface area contributed by atoms with Gasteiger partial charge in [0.25, 0.3) is 0 Å². The normalized spacial score (nSPS) is 11.9. The molecule has 0 aromatic heterocycles. The molecule has 0 aliphatic rings. The van der Waals surface area contributed by atoms with E-state index in [9.17, 15) is 9.90 Å². The molecule has 2 rings (SSSR count). The molecule has 2 aromatic rings. The van der Waals surface area contributed by atoms with Gasteiger partial charge in [-0.15, -0.1) is 0 Å². The highest BCUT2D eigenvalue weighted by Gasteiger charge is 2.12. The molecular weight excluding hydrogens is 262 g/mol. The van der Waals surface area contributed by atoms with Crippen molar-refractivity contribution in [2.75, 3.05) is 5.32 Å². The van der Waals surface area contributed by atoms with Crippen LogP contribution in [0, 0.1) is 0 Å². The number of carbonyl (C=O) groups excluding carboxylic acids is 1. The average Bonchev–Trinajstić information content (AvgIpc) is 2.42. The largest absolute Gasteiger partial charge is 0.388 e. The Morgan fingerprint density at radius 2 is 1.74 bits per heavy atom. The first-order valence-corrected chi connectivity index (χ1v) is 6.31. The fraction of sp³-hybridized carbons (Fsp3) is 0.133. The Bertz CT molecular complexity index is 540. The van der Waals surface area contributed by atoms with Crippen molar-refractivity contribution in [2.24, 2.45) is 0 Å². The zero-order valence-corrected chi connectivity index (χ0v) is 11.0. The summed E-state index contributed by atoms with van der Waals surface area (Å²) < 4.78 is 0. The van der Waals surface area contributed by atoms with Crippen LogP contribution in [0.3, 0.4) is 0 Å². The maximum absolute atomic E-state index is 11.8. The van der Waals surface area contributed by atoms with Gasteiger partial charge in [-0.3, -0.25) is 4.79 Å². The molecule has 1 atom stereocenters. The number of amides is 1. The van der Waals surface area contributed by atoms with Gasteiger partial charge in [0.1, 0.15) is 0 Å². The van der Waals surface area contributed by atoms with E-state index in [1.807, 2.05) is 18.2 Å². The molecule has 0 radical (unpaired) electrons. The van der Waals surface area contributed by atoms with E-state index in [1.54, 1.807) is 36.4 Å². The number of rotatable bonds is 4. The number of halogens is 1. The van der Waals surface area contributed by atoms with Crippen LogP contribution < -0.4 is 5.32 Å². The van der Waals surface area contributed by atoms with Crippen molar-refractivity contribution in [3.05, 3.63) is 65.2 Å². The smallest absolute Gasteiger partial charge is 0.227 e. The molecule has 0 bridgehead atoms. The van der Waals surface area contributed by atoms with Gasteiger partial charge in [-0.2, -0.15) is 0 Å². The third-order valence-corrected chi connectivity index (χ3v) is 2.94. The summed E-state index contributed by atoms with van der Waals surface area (Å²) in [6.07, 6.45) is -0.777. The number of hydrogen-bond donors (Lipinski definition) is 2. The lowest BCUT2D eigenvalue weighted by atomic mass is 10.1. The molecule has 0 saturated heterocycles. The van der Waals surface area contributed by atoms with Crippen LogP contribution in [0.2, 0.25) is 5.02 Å². The van der Waals surface area contributed by atoms with Crippen molar-refractivity contribution in [2.45, 2.75) is 12.5 Å². The molecule has 19 heavy (non-hydrogen) atoms. The van der Waals surface area contributed by atoms with E-state index in [0.717, 1.165) is 5.56 Å². The van der Waals surface area contributed by atoms with Crippen LogP contribution in [-0.4, -0.2) is 11.0 Å². The molecule has 2 aromatic carbocycles. The summed E-state index contributed by atoms with van der Waals surface area (Å²) in [6, 6.07) is 15.9. The van der Waals surface area contributed by atoms with Gasteiger partial charge < -0.3 is 10.4 Å². The van der Waals surface area contributed by atoms with Crippen LogP contribution in [-0.2, 0) is 4.79 Å². The van der Waals surface area contributed by atoms with Crippen molar-refractivity contribution >= 4 is 23.2 Å². The van der Waals surface area contributed by atoms with E-state index in [1.165, 1.54) is 0 Å². The number of hydrogen-bond acceptors (Lipinski definition) is 2. The molecule has 0 saturated carbocycles. The van der Waals surface area contributed by atoms with E-state index in [4.69, 9.17) is 11.6 Å². The monoisotopic (exact) mass is 275 g/mol. The van der Waals surface area contributed by atoms with Crippen LogP contribution in [0.15, 0.2) is 54.6 Å². The Hall–Kier alpha value is -1.84. The highest BCUT2D eigenvalue weighted by atomic mass is 35.5. The molecule has 3 nitrogen and oxygen atoms in total. The van der Waals surface area contributed by atoms with E-state index in [-0.39, 0.29) is 12.3 Å². The summed E-state index contributed by atoms with van der Waals surface area (Å²) in [5.41, 5.74) is 1.39. The summed E-state index contributed by atoms with van der Waals surface area (Å²) in [7, 11) is 0. The number of aliphatic hydroxyl groups is 1. The minimum Gasteiger partial charge on any atom is -0.388 e. The molecule has 0 aliphatic carbocycles. The molecular formula is C15H14ClNO2. The van der Waals surface area contributed by atoms with Crippen LogP contribution in [0.5, 0.6) is 0 Å². The Labute approximate surface area is 116 Å². The Morgan fingerprint density at radius 3 is 2.37 bits per heavy atom. The molecule has 98 valence electrons. The first-order valence-electron chi connectivity index (χ1n) is 5.93. The standard InChI is InChI=1S/C15H14ClNO2/c16-12-6-8-13(9-7-12)17-15(19)10-14(18)11-4-2-1-3-5-11/h1-9,14,18H,10H2,(H,17,19). The van der Waals surface area contributed by atoms with Crippen molar-refractivity contribution in [1.29, 1.82) is 0 Å². The second kappa shape index (κ2) is 6.36. The maximum Gasteiger partial charge on any atom is 0.227 e. The fourth-order valence-corrected chi connectivity index (χ4v) is 1.84. The van der Waals surface area contributed by atoms with Gasteiger partial charge in [0.05, 0.1) is 12.5 Å². The first-order chi connectivity index (χ1) is 9.15. The summed E-state index contributed by atoms with van der Waals surface area (Å²) >= 11 is 5.76. The van der Waals surface area contributed by atoms with Crippen molar-refractivity contribution < 1.29 is 9.90 Å². The average molecular weight is 276 g/mol. The summed E-state index contributed by atoms with van der Waals surface area (Å²) in [4.78, 5) is 11.8. The minimum absolute atomic E-state index is 0.0205. The molecule has 4 heteroatoms. The van der Waals surface area contributed by atoms with Crippen LogP contribution >= 0.6 is 11.6 Å². The predicted octanol–water partition coefficient (Wildman–Crippen LogP) is 3.40. The molecule has 0 heterocycles. The molecule has 0 fully saturated rings. The minimum atomic E-state index is -0.798. The second-order valence-corrected chi connectivity index (χ2v) is 4.62. The fourth-order valence-electron chi connectivity index (χ4n) is 1.71. The lowest BCUT2D eigenvalue weighted by Crippen LogP contribution is -2.15. The van der Waals surface area contributed by atoms with Crippen LogP contribution in [0.1, 0.15) is 18.1 Å². The number of benzene rings is 2. The van der Waals surface area contributed by atoms with Gasteiger partial charge in [0, 0.05) is 10.7 Å². The number of aliphatic hydroxyl groups excluding tert-OH is 1. The summed E-state index contributed by atoms with van der Waals surface area (Å²) in [5, 5.41) is 13.3. The van der Waals surface area contributed by atoms with Crippen molar-refractivity contribution in [1.82, 2.24) is 0 Å². The number of carbonyl (C=O) groups is 1. The third kappa shape index (κ3) is 4.09. The lowest BCUT2D eigenvalue weighted by Gasteiger charge is -2.11. The Morgan fingerprint density at radius 1 is 1.11 bits per heavy atom. The maximum atomic E-state index is 11.8. The quantitative estimate of drug-likeness (QED) is 0.898.